The van der Waals surface area contributed by atoms with Crippen molar-refractivity contribution in [3.63, 3.8) is 0 Å². The fraction of sp³-hybridized carbons (Fsp3) is 0.263. The Hall–Kier alpha value is -3.42. The molecule has 0 saturated carbocycles. The molecule has 0 unspecified atom stereocenters. The lowest BCUT2D eigenvalue weighted by Crippen LogP contribution is -2.33. The summed E-state index contributed by atoms with van der Waals surface area (Å²) < 4.78 is 0. The summed E-state index contributed by atoms with van der Waals surface area (Å²) in [4.78, 5) is 48.1. The summed E-state index contributed by atoms with van der Waals surface area (Å²) in [5, 5.41) is 29.9. The minimum atomic E-state index is -1.32. The van der Waals surface area contributed by atoms with Crippen LogP contribution in [0.4, 0.5) is 0 Å². The number of rotatable bonds is 3. The molecule has 0 aromatic heterocycles. The molecule has 140 valence electrons. The highest BCUT2D eigenvalue weighted by Gasteiger charge is 2.40. The normalized spacial score (nSPS) is 22.9. The number of aromatic hydroxyl groups is 1. The van der Waals surface area contributed by atoms with Crippen molar-refractivity contribution in [3.8, 4) is 5.75 Å². The van der Waals surface area contributed by atoms with Gasteiger partial charge in [-0.05, 0) is 29.9 Å². The molecular weight excluding hydrogens is 354 g/mol. The molecule has 2 aliphatic rings. The molecule has 27 heavy (non-hydrogen) atoms. The fourth-order valence-electron chi connectivity index (χ4n) is 3.67. The maximum atomic E-state index is 12.4. The van der Waals surface area contributed by atoms with Gasteiger partial charge in [0.1, 0.15) is 11.3 Å². The fourth-order valence-corrected chi connectivity index (χ4v) is 3.67. The number of phenols is 1. The number of carbonyl (C=O) groups excluding carboxylic acids is 4. The van der Waals surface area contributed by atoms with Gasteiger partial charge in [-0.15, -0.1) is 0 Å². The second-order valence-corrected chi connectivity index (χ2v) is 6.69. The van der Waals surface area contributed by atoms with E-state index in [0.29, 0.717) is 5.56 Å². The van der Waals surface area contributed by atoms with E-state index >= 15 is 0 Å². The van der Waals surface area contributed by atoms with Gasteiger partial charge in [0.05, 0.1) is 5.56 Å². The van der Waals surface area contributed by atoms with Gasteiger partial charge in [-0.25, -0.2) is 0 Å². The third kappa shape index (κ3) is 2.79. The molecule has 0 radical (unpaired) electrons. The van der Waals surface area contributed by atoms with Gasteiger partial charge in [0.15, 0.2) is 17.3 Å². The number of hydrogen-bond acceptors (Lipinski definition) is 7. The second-order valence-electron chi connectivity index (χ2n) is 6.69. The Balaban J connectivity index is 1.97. The number of benzene rings is 1. The van der Waals surface area contributed by atoms with Crippen LogP contribution in [0.5, 0.6) is 5.75 Å². The van der Waals surface area contributed by atoms with Crippen LogP contribution < -0.4 is 5.73 Å². The Bertz CT molecular complexity index is 970. The van der Waals surface area contributed by atoms with E-state index in [1.165, 1.54) is 6.07 Å². The smallest absolute Gasteiger partial charge is 0.256 e. The second kappa shape index (κ2) is 6.39. The molecule has 8 nitrogen and oxygen atoms in total. The lowest BCUT2D eigenvalue weighted by molar-refractivity contribution is -0.124. The van der Waals surface area contributed by atoms with Crippen molar-refractivity contribution in [2.45, 2.75) is 25.7 Å². The number of aliphatic hydroxyl groups is 2. The van der Waals surface area contributed by atoms with Gasteiger partial charge >= 0.3 is 0 Å². The molecule has 0 fully saturated rings. The summed E-state index contributed by atoms with van der Waals surface area (Å²) in [5.74, 6) is -6.83. The van der Waals surface area contributed by atoms with Crippen LogP contribution in [0.3, 0.4) is 0 Å². The van der Waals surface area contributed by atoms with E-state index in [4.69, 9.17) is 5.73 Å². The van der Waals surface area contributed by atoms with Gasteiger partial charge in [-0.3, -0.25) is 19.2 Å². The number of carbonyl (C=O) groups is 4. The minimum absolute atomic E-state index is 0.0167. The van der Waals surface area contributed by atoms with Crippen molar-refractivity contribution in [2.24, 2.45) is 11.7 Å². The number of Topliss-reactive ketones (excluding diaryl/α,β-unsaturated/α-hetero) is 3. The standard InChI is InChI=1S/C19H17NO7/c1-7-8(6-12(22)13-9(7)3-2-4-11(13)21)5-10-15(23)17(25)14(19(20)27)18(26)16(10)24/h2-4,7-8,21,23,26H,5-6H2,1H3,(H2,20,27)/t7-,8-/m0/s1. The molecule has 1 aromatic rings. The van der Waals surface area contributed by atoms with Gasteiger partial charge in [0, 0.05) is 12.0 Å². The Morgan fingerprint density at radius 3 is 2.41 bits per heavy atom. The molecular formula is C19H17NO7. The third-order valence-corrected chi connectivity index (χ3v) is 5.17. The molecule has 8 heteroatoms. The first-order valence-electron chi connectivity index (χ1n) is 8.24. The van der Waals surface area contributed by atoms with Gasteiger partial charge < -0.3 is 21.1 Å². The predicted octanol–water partition coefficient (Wildman–Crippen LogP) is 1.35. The summed E-state index contributed by atoms with van der Waals surface area (Å²) in [6.45, 7) is 1.80. The first kappa shape index (κ1) is 18.4. The van der Waals surface area contributed by atoms with E-state index in [2.05, 4.69) is 0 Å². The number of fused-ring (bicyclic) bond motifs is 1. The summed E-state index contributed by atoms with van der Waals surface area (Å²) in [6.07, 6.45) is -0.175. The first-order chi connectivity index (χ1) is 12.6. The Morgan fingerprint density at radius 2 is 1.78 bits per heavy atom. The highest BCUT2D eigenvalue weighted by molar-refractivity contribution is 6.33. The molecule has 0 spiro atoms. The first-order valence-corrected chi connectivity index (χ1v) is 8.24. The molecule has 0 saturated heterocycles. The van der Waals surface area contributed by atoms with Crippen LogP contribution in [-0.2, 0) is 14.4 Å². The molecule has 0 heterocycles. The maximum Gasteiger partial charge on any atom is 0.256 e. The van der Waals surface area contributed by atoms with E-state index in [1.54, 1.807) is 19.1 Å². The van der Waals surface area contributed by atoms with Crippen LogP contribution in [0, 0.1) is 5.92 Å². The number of primary amides is 1. The van der Waals surface area contributed by atoms with Crippen molar-refractivity contribution >= 4 is 23.3 Å². The lowest BCUT2D eigenvalue weighted by Gasteiger charge is -2.31. The number of nitrogens with two attached hydrogens (primary N) is 1. The van der Waals surface area contributed by atoms with E-state index in [9.17, 15) is 34.5 Å². The van der Waals surface area contributed by atoms with E-state index in [0.717, 1.165) is 0 Å². The average molecular weight is 371 g/mol. The molecule has 2 aliphatic carbocycles. The van der Waals surface area contributed by atoms with Crippen molar-refractivity contribution in [1.29, 1.82) is 0 Å². The number of ketones is 3. The number of allylic oxidation sites excluding steroid dienone is 2. The summed E-state index contributed by atoms with van der Waals surface area (Å²) >= 11 is 0. The zero-order valence-electron chi connectivity index (χ0n) is 14.4. The van der Waals surface area contributed by atoms with Crippen molar-refractivity contribution < 1.29 is 34.5 Å². The van der Waals surface area contributed by atoms with Crippen LogP contribution in [0.15, 0.2) is 40.9 Å². The molecule has 5 N–H and O–H groups in total. The summed E-state index contributed by atoms with van der Waals surface area (Å²) in [5.41, 5.74) is 4.49. The van der Waals surface area contributed by atoms with Crippen molar-refractivity contribution in [3.05, 3.63) is 52.0 Å². The van der Waals surface area contributed by atoms with Crippen molar-refractivity contribution in [1.82, 2.24) is 0 Å². The highest BCUT2D eigenvalue weighted by Crippen LogP contribution is 2.43. The molecule has 0 bridgehead atoms. The molecule has 3 rings (SSSR count). The summed E-state index contributed by atoms with van der Waals surface area (Å²) in [7, 11) is 0. The Morgan fingerprint density at radius 1 is 1.11 bits per heavy atom. The van der Waals surface area contributed by atoms with E-state index < -0.39 is 40.5 Å². The van der Waals surface area contributed by atoms with Crippen LogP contribution in [0.25, 0.3) is 0 Å². The monoisotopic (exact) mass is 371 g/mol. The van der Waals surface area contributed by atoms with E-state index in [-0.39, 0.29) is 41.4 Å². The number of aliphatic hydroxyl groups excluding tert-OH is 2. The molecule has 2 atom stereocenters. The van der Waals surface area contributed by atoms with Gasteiger partial charge in [-0.2, -0.15) is 0 Å². The van der Waals surface area contributed by atoms with E-state index in [1.807, 2.05) is 0 Å². The zero-order chi connectivity index (χ0) is 20.0. The number of phenolic OH excluding ortho intramolecular Hbond substituents is 1. The average Bonchev–Trinajstić information content (AvgIpc) is 2.60. The largest absolute Gasteiger partial charge is 0.507 e. The quantitative estimate of drug-likeness (QED) is 0.461. The molecule has 1 aromatic carbocycles. The summed E-state index contributed by atoms with van der Waals surface area (Å²) in [6, 6.07) is 4.70. The Kier molecular flexibility index (Phi) is 4.35. The van der Waals surface area contributed by atoms with Crippen molar-refractivity contribution in [2.75, 3.05) is 0 Å². The minimum Gasteiger partial charge on any atom is -0.507 e. The molecule has 1 amide bonds. The third-order valence-electron chi connectivity index (χ3n) is 5.17. The zero-order valence-corrected chi connectivity index (χ0v) is 14.4. The van der Waals surface area contributed by atoms with Gasteiger partial charge in [-0.1, -0.05) is 19.1 Å². The highest BCUT2D eigenvalue weighted by atomic mass is 16.3. The van der Waals surface area contributed by atoms with Crippen LogP contribution in [-0.4, -0.2) is 38.6 Å². The topological polar surface area (TPSA) is 155 Å². The van der Waals surface area contributed by atoms with Crippen LogP contribution >= 0.6 is 0 Å². The SMILES string of the molecule is C[C@@H]1c2cccc(O)c2C(=O)C[C@@H]1CC1=C(O)C(=O)C(C(N)=O)=C(O)C1=O. The van der Waals surface area contributed by atoms with Gasteiger partial charge in [0.2, 0.25) is 11.6 Å². The number of amides is 1. The predicted molar refractivity (Wildman–Crippen MR) is 92.1 cm³/mol. The lowest BCUT2D eigenvalue weighted by atomic mass is 9.71. The van der Waals surface area contributed by atoms with Gasteiger partial charge in [0.25, 0.3) is 5.91 Å². The number of hydrogen-bond donors (Lipinski definition) is 4. The van der Waals surface area contributed by atoms with Crippen LogP contribution in [0.1, 0.15) is 41.6 Å². The molecule has 0 aliphatic heterocycles. The Labute approximate surface area is 153 Å². The van der Waals surface area contributed by atoms with Crippen LogP contribution in [0.2, 0.25) is 0 Å². The maximum absolute atomic E-state index is 12.4.